The van der Waals surface area contributed by atoms with Crippen molar-refractivity contribution in [2.75, 3.05) is 0 Å². The van der Waals surface area contributed by atoms with E-state index in [1.807, 2.05) is 13.0 Å². The van der Waals surface area contributed by atoms with Crippen LogP contribution in [-0.4, -0.2) is 56.4 Å². The molecular formula is C28H36O6. The van der Waals surface area contributed by atoms with Gasteiger partial charge in [0.1, 0.15) is 11.2 Å². The van der Waals surface area contributed by atoms with E-state index in [0.29, 0.717) is 5.92 Å². The van der Waals surface area contributed by atoms with Crippen LogP contribution in [0.3, 0.4) is 0 Å². The van der Waals surface area contributed by atoms with Crippen molar-refractivity contribution in [3.05, 3.63) is 47.0 Å². The quantitative estimate of drug-likeness (QED) is 0.577. The summed E-state index contributed by atoms with van der Waals surface area (Å²) < 4.78 is 12.1. The average Bonchev–Trinajstić information content (AvgIpc) is 3.50. The van der Waals surface area contributed by atoms with E-state index in [2.05, 4.69) is 25.1 Å². The summed E-state index contributed by atoms with van der Waals surface area (Å²) in [5.74, 6) is 0.764. The number of carbonyl (C=O) groups excluding carboxylic acids is 1. The Morgan fingerprint density at radius 2 is 1.94 bits per heavy atom. The number of rotatable bonds is 2. The molecule has 5 aliphatic rings. The molecule has 1 saturated carbocycles. The number of benzene rings is 1. The Hall–Kier alpha value is -1.57. The smallest absolute Gasteiger partial charge is 0.186 e. The Bertz CT molecular complexity index is 1070. The van der Waals surface area contributed by atoms with Crippen molar-refractivity contribution < 1.29 is 29.6 Å². The summed E-state index contributed by atoms with van der Waals surface area (Å²) in [4.78, 5) is 13.2. The van der Waals surface area contributed by atoms with Crippen LogP contribution in [0.4, 0.5) is 0 Å². The van der Waals surface area contributed by atoms with Crippen LogP contribution in [0.15, 0.2) is 30.4 Å². The zero-order valence-corrected chi connectivity index (χ0v) is 20.5. The molecule has 6 heteroatoms. The van der Waals surface area contributed by atoms with Crippen molar-refractivity contribution in [1.82, 2.24) is 0 Å². The van der Waals surface area contributed by atoms with Crippen molar-refractivity contribution in [2.24, 2.45) is 11.3 Å². The van der Waals surface area contributed by atoms with Gasteiger partial charge in [-0.25, -0.2) is 0 Å². The van der Waals surface area contributed by atoms with Crippen molar-refractivity contribution in [2.45, 2.75) is 107 Å². The van der Waals surface area contributed by atoms with E-state index in [1.165, 1.54) is 18.1 Å². The number of ether oxygens (including phenoxy) is 2. The number of hydrogen-bond acceptors (Lipinski definition) is 6. The van der Waals surface area contributed by atoms with E-state index < -0.39 is 29.0 Å². The van der Waals surface area contributed by atoms with Crippen molar-refractivity contribution in [3.8, 4) is 0 Å². The molecule has 0 radical (unpaired) electrons. The number of allylic oxidation sites excluding steroid dienone is 1. The van der Waals surface area contributed by atoms with E-state index in [-0.39, 0.29) is 35.7 Å². The molecule has 3 aliphatic carbocycles. The van der Waals surface area contributed by atoms with E-state index >= 15 is 0 Å². The monoisotopic (exact) mass is 468 g/mol. The number of epoxide rings is 1. The van der Waals surface area contributed by atoms with Gasteiger partial charge in [0.05, 0.1) is 23.2 Å². The first-order valence-corrected chi connectivity index (χ1v) is 12.7. The Labute approximate surface area is 201 Å². The molecule has 1 aromatic carbocycles. The highest BCUT2D eigenvalue weighted by atomic mass is 16.6. The summed E-state index contributed by atoms with van der Waals surface area (Å²) >= 11 is 0. The number of hydrogen-bond donors (Lipinski definition) is 3. The molecule has 2 aliphatic heterocycles. The molecule has 2 saturated heterocycles. The van der Waals surface area contributed by atoms with Gasteiger partial charge in [-0.05, 0) is 81.1 Å². The second kappa shape index (κ2) is 7.01. The lowest BCUT2D eigenvalue weighted by atomic mass is 9.49. The molecule has 3 N–H and O–H groups in total. The number of fused-ring (bicyclic) bond motifs is 4. The highest BCUT2D eigenvalue weighted by molar-refractivity contribution is 5.98. The van der Waals surface area contributed by atoms with Crippen LogP contribution in [0, 0.1) is 11.3 Å². The molecule has 184 valence electrons. The fraction of sp³-hybridized carbons (Fsp3) is 0.679. The number of carbonyl (C=O) groups is 1. The minimum Gasteiger partial charge on any atom is -0.387 e. The number of aliphatic hydroxyl groups excluding tert-OH is 1. The largest absolute Gasteiger partial charge is 0.387 e. The van der Waals surface area contributed by atoms with Gasteiger partial charge in [0.25, 0.3) is 0 Å². The van der Waals surface area contributed by atoms with Gasteiger partial charge in [-0.3, -0.25) is 4.79 Å². The third-order valence-electron chi connectivity index (χ3n) is 10.4. The number of ketones is 1. The fourth-order valence-electron chi connectivity index (χ4n) is 7.67. The van der Waals surface area contributed by atoms with Crippen LogP contribution in [0.2, 0.25) is 0 Å². The first kappa shape index (κ1) is 22.9. The third kappa shape index (κ3) is 2.78. The Morgan fingerprint density at radius 1 is 1.18 bits per heavy atom. The Morgan fingerprint density at radius 3 is 2.68 bits per heavy atom. The Kier molecular flexibility index (Phi) is 4.72. The fourth-order valence-corrected chi connectivity index (χ4v) is 7.67. The van der Waals surface area contributed by atoms with Crippen LogP contribution in [0.5, 0.6) is 0 Å². The molecule has 10 atom stereocenters. The van der Waals surface area contributed by atoms with Crippen molar-refractivity contribution in [3.63, 3.8) is 0 Å². The van der Waals surface area contributed by atoms with Gasteiger partial charge in [-0.1, -0.05) is 31.2 Å². The van der Waals surface area contributed by atoms with Gasteiger partial charge < -0.3 is 24.8 Å². The standard InChI is InChI=1S/C28H36O6/c1-15(21-14-25(2,31)27(4,32)24(30)33-21)16-7-9-18-17(12-16)8-10-20-19(18)13-23-28(34-23)11-5-6-22(29)26(20,28)3/h5-7,9,12,15,19-21,23-24,30-32H,8,10-11,13-14H2,1-4H3/t15-,19-,20-,21?,23-,24-,25+,26-,27+,28-/m0/s1. The molecular weight excluding hydrogens is 432 g/mol. The normalized spacial score (nSPS) is 50.0. The summed E-state index contributed by atoms with van der Waals surface area (Å²) in [5.41, 5.74) is -0.174. The van der Waals surface area contributed by atoms with Gasteiger partial charge in [-0.15, -0.1) is 0 Å². The van der Waals surface area contributed by atoms with Crippen LogP contribution in [-0.2, 0) is 20.7 Å². The zero-order chi connectivity index (χ0) is 24.3. The second-order valence-electron chi connectivity index (χ2n) is 12.1. The molecule has 1 aromatic rings. The average molecular weight is 469 g/mol. The molecule has 2 heterocycles. The molecule has 1 unspecified atom stereocenters. The topological polar surface area (TPSA) is 99.5 Å². The summed E-state index contributed by atoms with van der Waals surface area (Å²) in [6, 6.07) is 6.59. The SMILES string of the molecule is C[C@@H](c1ccc2c(c1)CC[C@H]1[C@H]2C[C@@H]2O[C@@]23CC=CC(=O)[C@]13C)C1C[C@@](C)(O)[C@](C)(O)[C@@H](O)O1. The highest BCUT2D eigenvalue weighted by Gasteiger charge is 2.75. The Balaban J connectivity index is 1.28. The van der Waals surface area contributed by atoms with Gasteiger partial charge in [0, 0.05) is 12.3 Å². The van der Waals surface area contributed by atoms with E-state index in [9.17, 15) is 20.1 Å². The molecule has 0 bridgehead atoms. The third-order valence-corrected chi connectivity index (χ3v) is 10.4. The van der Waals surface area contributed by atoms with Crippen LogP contribution in [0.1, 0.15) is 81.9 Å². The molecule has 34 heavy (non-hydrogen) atoms. The zero-order valence-electron chi connectivity index (χ0n) is 20.5. The highest BCUT2D eigenvalue weighted by Crippen LogP contribution is 2.69. The minimum atomic E-state index is -1.73. The lowest BCUT2D eigenvalue weighted by Crippen LogP contribution is -2.64. The molecule has 0 aromatic heterocycles. The second-order valence-corrected chi connectivity index (χ2v) is 12.1. The summed E-state index contributed by atoms with van der Waals surface area (Å²) in [5, 5.41) is 31.6. The van der Waals surface area contributed by atoms with Gasteiger partial charge in [0.15, 0.2) is 12.1 Å². The molecule has 6 rings (SSSR count). The number of aryl methyl sites for hydroxylation is 1. The lowest BCUT2D eigenvalue weighted by Gasteiger charge is -2.51. The first-order chi connectivity index (χ1) is 15.9. The molecule has 6 nitrogen and oxygen atoms in total. The van der Waals surface area contributed by atoms with Crippen molar-refractivity contribution >= 4 is 5.78 Å². The maximum atomic E-state index is 13.2. The molecule has 1 spiro atoms. The molecule has 0 amide bonds. The van der Waals surface area contributed by atoms with Gasteiger partial charge in [0.2, 0.25) is 0 Å². The predicted molar refractivity (Wildman–Crippen MR) is 125 cm³/mol. The maximum absolute atomic E-state index is 13.2. The van der Waals surface area contributed by atoms with E-state index in [0.717, 1.165) is 31.2 Å². The van der Waals surface area contributed by atoms with E-state index in [4.69, 9.17) is 9.47 Å². The predicted octanol–water partition coefficient (Wildman–Crippen LogP) is 3.12. The maximum Gasteiger partial charge on any atom is 0.186 e. The summed E-state index contributed by atoms with van der Waals surface area (Å²) in [7, 11) is 0. The van der Waals surface area contributed by atoms with Crippen molar-refractivity contribution in [1.29, 1.82) is 0 Å². The first-order valence-electron chi connectivity index (χ1n) is 12.7. The number of aliphatic hydroxyl groups is 3. The van der Waals surface area contributed by atoms with E-state index in [1.54, 1.807) is 13.0 Å². The lowest BCUT2D eigenvalue weighted by molar-refractivity contribution is -0.321. The summed E-state index contributed by atoms with van der Waals surface area (Å²) in [6.45, 7) is 7.14. The van der Waals surface area contributed by atoms with Gasteiger partial charge in [-0.2, -0.15) is 0 Å². The van der Waals surface area contributed by atoms with Crippen LogP contribution >= 0.6 is 0 Å². The molecule has 3 fully saturated rings. The summed E-state index contributed by atoms with van der Waals surface area (Å²) in [6.07, 6.45) is 6.00. The van der Waals surface area contributed by atoms with Gasteiger partial charge >= 0.3 is 0 Å². The van der Waals surface area contributed by atoms with Crippen LogP contribution < -0.4 is 0 Å². The minimum absolute atomic E-state index is 0.0615. The van der Waals surface area contributed by atoms with Crippen LogP contribution in [0.25, 0.3) is 0 Å².